The maximum atomic E-state index is 5.84. The topological polar surface area (TPSA) is 12.5 Å². The molecule has 0 radical (unpaired) electrons. The monoisotopic (exact) mass is 307 g/mol. The fraction of sp³-hybridized carbons (Fsp3) is 0.900. The van der Waals surface area contributed by atoms with E-state index in [1.165, 1.54) is 32.2 Å². The van der Waals surface area contributed by atoms with Crippen LogP contribution in [0.15, 0.2) is 11.6 Å². The Morgan fingerprint density at radius 3 is 2.36 bits per heavy atom. The normalized spacial score (nSPS) is 32.6. The minimum atomic E-state index is 0.372. The van der Waals surface area contributed by atoms with Crippen molar-refractivity contribution >= 4 is 0 Å². The lowest BCUT2D eigenvalue weighted by molar-refractivity contribution is -0.0715. The van der Waals surface area contributed by atoms with Gasteiger partial charge in [0.1, 0.15) is 0 Å². The number of morpholine rings is 1. The standard InChI is InChI=1S/C20H37NO/c1-15(12-21-13-16(2)22-17(3)14-21)11-18-7-9-19(10-8-18)20(4,5)6/h9,15-18H,7-8,10-14H2,1-6H3. The molecule has 4 atom stereocenters. The smallest absolute Gasteiger partial charge is 0.0678 e. The zero-order valence-electron chi connectivity index (χ0n) is 15.7. The van der Waals surface area contributed by atoms with Gasteiger partial charge in [0.2, 0.25) is 0 Å². The third-order valence-corrected chi connectivity index (χ3v) is 5.28. The maximum Gasteiger partial charge on any atom is 0.0678 e. The van der Waals surface area contributed by atoms with Crippen molar-refractivity contribution in [3.05, 3.63) is 11.6 Å². The third kappa shape index (κ3) is 5.38. The summed E-state index contributed by atoms with van der Waals surface area (Å²) in [6.07, 6.45) is 8.71. The molecule has 22 heavy (non-hydrogen) atoms. The average molecular weight is 308 g/mol. The Hall–Kier alpha value is -0.340. The van der Waals surface area contributed by atoms with Gasteiger partial charge in [0.05, 0.1) is 12.2 Å². The molecule has 0 aromatic carbocycles. The van der Waals surface area contributed by atoms with E-state index < -0.39 is 0 Å². The van der Waals surface area contributed by atoms with Gasteiger partial charge in [-0.05, 0) is 56.8 Å². The van der Waals surface area contributed by atoms with Crippen LogP contribution in [-0.4, -0.2) is 36.7 Å². The maximum absolute atomic E-state index is 5.84. The quantitative estimate of drug-likeness (QED) is 0.685. The van der Waals surface area contributed by atoms with Crippen LogP contribution >= 0.6 is 0 Å². The number of ether oxygens (including phenoxy) is 1. The van der Waals surface area contributed by atoms with Crippen molar-refractivity contribution in [2.45, 2.75) is 79.4 Å². The summed E-state index contributed by atoms with van der Waals surface area (Å²) in [4.78, 5) is 2.61. The highest BCUT2D eigenvalue weighted by Gasteiger charge is 2.26. The molecule has 0 amide bonds. The number of allylic oxidation sites excluding steroid dienone is 2. The van der Waals surface area contributed by atoms with Crippen molar-refractivity contribution in [2.75, 3.05) is 19.6 Å². The first-order valence-corrected chi connectivity index (χ1v) is 9.31. The summed E-state index contributed by atoms with van der Waals surface area (Å²) < 4.78 is 5.84. The van der Waals surface area contributed by atoms with Gasteiger partial charge in [0, 0.05) is 19.6 Å². The molecule has 0 aromatic heterocycles. The van der Waals surface area contributed by atoms with Gasteiger partial charge in [-0.15, -0.1) is 0 Å². The summed E-state index contributed by atoms with van der Waals surface area (Å²) in [5, 5.41) is 0. The van der Waals surface area contributed by atoms with E-state index >= 15 is 0 Å². The van der Waals surface area contributed by atoms with E-state index in [1.54, 1.807) is 5.57 Å². The molecule has 4 unspecified atom stereocenters. The average Bonchev–Trinajstić information content (AvgIpc) is 2.36. The first kappa shape index (κ1) is 18.0. The van der Waals surface area contributed by atoms with Crippen molar-refractivity contribution < 1.29 is 4.74 Å². The predicted molar refractivity (Wildman–Crippen MR) is 95.1 cm³/mol. The summed E-state index contributed by atoms with van der Waals surface area (Å²) >= 11 is 0. The number of nitrogens with zero attached hydrogens (tertiary/aromatic N) is 1. The molecule has 0 bridgehead atoms. The largest absolute Gasteiger partial charge is 0.373 e. The van der Waals surface area contributed by atoms with Crippen LogP contribution < -0.4 is 0 Å². The Morgan fingerprint density at radius 2 is 1.86 bits per heavy atom. The molecule has 1 fully saturated rings. The van der Waals surface area contributed by atoms with Crippen molar-refractivity contribution in [2.24, 2.45) is 17.3 Å². The van der Waals surface area contributed by atoms with Crippen LogP contribution in [0.1, 0.15) is 67.2 Å². The van der Waals surface area contributed by atoms with Crippen LogP contribution in [0.3, 0.4) is 0 Å². The molecule has 2 rings (SSSR count). The first-order chi connectivity index (χ1) is 10.2. The van der Waals surface area contributed by atoms with Crippen LogP contribution in [0, 0.1) is 17.3 Å². The second-order valence-electron chi connectivity index (χ2n) is 8.94. The van der Waals surface area contributed by atoms with Gasteiger partial charge < -0.3 is 4.74 Å². The summed E-state index contributed by atoms with van der Waals surface area (Å²) in [6.45, 7) is 17.3. The molecule has 2 nitrogen and oxygen atoms in total. The number of rotatable bonds is 4. The molecular formula is C20H37NO. The minimum absolute atomic E-state index is 0.372. The van der Waals surface area contributed by atoms with Crippen LogP contribution in [-0.2, 0) is 4.74 Å². The van der Waals surface area contributed by atoms with Crippen LogP contribution in [0.4, 0.5) is 0 Å². The van der Waals surface area contributed by atoms with E-state index in [4.69, 9.17) is 4.74 Å². The zero-order chi connectivity index (χ0) is 16.3. The molecule has 2 aliphatic rings. The summed E-state index contributed by atoms with van der Waals surface area (Å²) in [7, 11) is 0. The fourth-order valence-electron chi connectivity index (χ4n) is 4.30. The molecule has 0 aromatic rings. The fourth-order valence-corrected chi connectivity index (χ4v) is 4.30. The van der Waals surface area contributed by atoms with Crippen LogP contribution in [0.2, 0.25) is 0 Å². The Bertz CT molecular complexity index is 372. The Morgan fingerprint density at radius 1 is 1.23 bits per heavy atom. The van der Waals surface area contributed by atoms with E-state index in [9.17, 15) is 0 Å². The lowest BCUT2D eigenvalue weighted by atomic mass is 9.75. The minimum Gasteiger partial charge on any atom is -0.373 e. The highest BCUT2D eigenvalue weighted by Crippen LogP contribution is 2.37. The third-order valence-electron chi connectivity index (χ3n) is 5.28. The van der Waals surface area contributed by atoms with Gasteiger partial charge in [-0.3, -0.25) is 4.90 Å². The van der Waals surface area contributed by atoms with E-state index in [1.807, 2.05) is 0 Å². The van der Waals surface area contributed by atoms with Crippen molar-refractivity contribution in [1.82, 2.24) is 4.90 Å². The van der Waals surface area contributed by atoms with E-state index in [-0.39, 0.29) is 0 Å². The van der Waals surface area contributed by atoms with E-state index in [0.717, 1.165) is 24.9 Å². The molecule has 1 heterocycles. The van der Waals surface area contributed by atoms with Gasteiger partial charge in [0.25, 0.3) is 0 Å². The summed E-state index contributed by atoms with van der Waals surface area (Å²) in [5.41, 5.74) is 2.05. The van der Waals surface area contributed by atoms with Crippen molar-refractivity contribution in [3.8, 4) is 0 Å². The second-order valence-corrected chi connectivity index (χ2v) is 8.94. The summed E-state index contributed by atoms with van der Waals surface area (Å²) in [6, 6.07) is 0. The molecule has 1 aliphatic heterocycles. The van der Waals surface area contributed by atoms with Gasteiger partial charge in [0.15, 0.2) is 0 Å². The molecule has 1 saturated heterocycles. The highest BCUT2D eigenvalue weighted by molar-refractivity contribution is 5.13. The molecule has 0 spiro atoms. The van der Waals surface area contributed by atoms with E-state index in [2.05, 4.69) is 52.5 Å². The Balaban J connectivity index is 1.76. The number of hydrogen-bond donors (Lipinski definition) is 0. The van der Waals surface area contributed by atoms with Crippen LogP contribution in [0.25, 0.3) is 0 Å². The van der Waals surface area contributed by atoms with Crippen molar-refractivity contribution in [3.63, 3.8) is 0 Å². The SMILES string of the molecule is CC(CC1CC=C(C(C)(C)C)CC1)CN1CC(C)OC(C)C1. The molecule has 0 N–H and O–H groups in total. The van der Waals surface area contributed by atoms with Crippen LogP contribution in [0.5, 0.6) is 0 Å². The van der Waals surface area contributed by atoms with Gasteiger partial charge in [-0.25, -0.2) is 0 Å². The highest BCUT2D eigenvalue weighted by atomic mass is 16.5. The zero-order valence-corrected chi connectivity index (χ0v) is 15.7. The van der Waals surface area contributed by atoms with E-state index in [0.29, 0.717) is 17.6 Å². The molecule has 1 aliphatic carbocycles. The molecule has 128 valence electrons. The van der Waals surface area contributed by atoms with Gasteiger partial charge >= 0.3 is 0 Å². The first-order valence-electron chi connectivity index (χ1n) is 9.31. The summed E-state index contributed by atoms with van der Waals surface area (Å²) in [5.74, 6) is 1.70. The van der Waals surface area contributed by atoms with Crippen molar-refractivity contribution in [1.29, 1.82) is 0 Å². The second kappa shape index (κ2) is 7.49. The lowest BCUT2D eigenvalue weighted by Gasteiger charge is -2.37. The van der Waals surface area contributed by atoms with Gasteiger partial charge in [-0.2, -0.15) is 0 Å². The molecule has 0 saturated carbocycles. The Kier molecular flexibility index (Phi) is 6.13. The predicted octanol–water partition coefficient (Wildman–Crippen LogP) is 4.89. The molecule has 2 heteroatoms. The number of hydrogen-bond acceptors (Lipinski definition) is 2. The lowest BCUT2D eigenvalue weighted by Crippen LogP contribution is -2.46. The Labute approximate surface area is 138 Å². The van der Waals surface area contributed by atoms with Gasteiger partial charge in [-0.1, -0.05) is 39.3 Å². The molecular weight excluding hydrogens is 270 g/mol.